The standard InChI is InChI=1S/C16H24O2.C15H22O.C14H20O2.C13H18O2.C12H17NO2.CH4.10W/c1-11(17)5-15-7-13-3-4-14(8-15)10-16(9-13)6-12(2)18;1-10(2)6-14-8-13-5-4-12(14)9-15(13)7-11(3)16;1-9(15)5-13-7-12-4-3-11(13)8-14(12)6-10(2)16;1-8(14)3-10-5-13-7-12(10)6-11(13)4-9(2)15;1-7(14)3-9-5-12-10(4-8(2)15)6-11(9)13-12;;;;;;;;;;;/h13-16H,1-10H2;12-15H,1-9H2;11-14H,1-8H2;10-13H,1-7H2;9-13H,1-6H2;1H4;;;;;;;;;;/q5*-2;;;;;;;;;;;. The van der Waals surface area contributed by atoms with Crippen molar-refractivity contribution in [1.82, 2.24) is 5.32 Å². The molecular weight excluding hydrogens is 2850 g/mol. The second-order valence-corrected chi connectivity index (χ2v) is 27.9. The van der Waals surface area contributed by atoms with E-state index in [0.29, 0.717) is 159 Å². The Morgan fingerprint density at radius 1 is 0.264 bits per heavy atom. The van der Waals surface area contributed by atoms with Crippen LogP contribution in [-0.2, 0) is 254 Å². The predicted molar refractivity (Wildman–Crippen MR) is 322 cm³/mol. The number of rotatable bonds is 20. The van der Waals surface area contributed by atoms with Gasteiger partial charge in [-0.2, -0.15) is 0 Å². The third-order valence-electron chi connectivity index (χ3n) is 21.4. The minimum atomic E-state index is 0. The summed E-state index contributed by atoms with van der Waals surface area (Å²) < 4.78 is 0. The first-order chi connectivity index (χ1) is 37.8. The van der Waals surface area contributed by atoms with Crippen molar-refractivity contribution in [2.75, 3.05) is 0 Å². The van der Waals surface area contributed by atoms with Crippen molar-refractivity contribution >= 4 is 52.0 Å². The molecule has 12 rings (SSSR count). The minimum absolute atomic E-state index is 0. The van der Waals surface area contributed by atoms with E-state index in [-0.39, 0.29) is 270 Å². The monoisotopic (exact) mass is 2960 g/mol. The van der Waals surface area contributed by atoms with Crippen LogP contribution in [0.2, 0.25) is 0 Å². The molecule has 518 valence electrons. The minimum Gasteiger partial charge on any atom is -0.339 e. The van der Waals surface area contributed by atoms with Gasteiger partial charge in [0.25, 0.3) is 0 Å². The van der Waals surface area contributed by atoms with E-state index in [9.17, 15) is 43.2 Å². The molecule has 2 heterocycles. The summed E-state index contributed by atoms with van der Waals surface area (Å²) in [5.74, 6) is 11.9. The van der Waals surface area contributed by atoms with E-state index in [1.54, 1.807) is 0 Å². The van der Waals surface area contributed by atoms with Crippen molar-refractivity contribution in [2.24, 2.45) is 107 Å². The average molecular weight is 2960 g/mol. The molecule has 0 radical (unpaired) electrons. The van der Waals surface area contributed by atoms with Crippen LogP contribution in [0, 0.1) is 176 Å². The Bertz CT molecular complexity index is 1940. The van der Waals surface area contributed by atoms with E-state index in [0.717, 1.165) is 68.3 Å². The molecule has 0 spiro atoms. The van der Waals surface area contributed by atoms with Gasteiger partial charge < -0.3 is 111 Å². The van der Waals surface area contributed by atoms with Crippen molar-refractivity contribution in [2.45, 2.75) is 206 Å². The summed E-state index contributed by atoms with van der Waals surface area (Å²) in [5, 5.41) is 3.48. The second kappa shape index (κ2) is 51.4. The van der Waals surface area contributed by atoms with Crippen molar-refractivity contribution in [1.29, 1.82) is 0 Å². The van der Waals surface area contributed by atoms with Crippen molar-refractivity contribution < 1.29 is 254 Å². The summed E-state index contributed by atoms with van der Waals surface area (Å²) in [6.07, 6.45) is 29.5. The molecule has 10 bridgehead atoms. The van der Waals surface area contributed by atoms with Gasteiger partial charge in [-0.3, -0.25) is 0 Å². The third-order valence-corrected chi connectivity index (χ3v) is 21.4. The predicted octanol–water partition coefficient (Wildman–Crippen LogP) is 13.4. The second-order valence-electron chi connectivity index (χ2n) is 27.9. The van der Waals surface area contributed by atoms with E-state index < -0.39 is 0 Å². The fraction of sp³-hybridized carbons (Fsp3) is 0.704. The Morgan fingerprint density at radius 3 is 0.670 bits per heavy atom. The van der Waals surface area contributed by atoms with Gasteiger partial charge in [0, 0.05) is 223 Å². The molecule has 12 fully saturated rings. The normalized spacial score (nSPS) is 32.7. The van der Waals surface area contributed by atoms with Crippen molar-refractivity contribution in [3.05, 3.63) is 81.4 Å². The molecule has 12 aliphatic rings. The van der Waals surface area contributed by atoms with Crippen LogP contribution in [0.4, 0.5) is 0 Å². The zero-order valence-corrected chi connectivity index (χ0v) is 82.4. The first-order valence-corrected chi connectivity index (χ1v) is 31.2. The molecule has 0 aromatic heterocycles. The van der Waals surface area contributed by atoms with E-state index >= 15 is 0 Å². The zero-order chi connectivity index (χ0) is 58.5. The summed E-state index contributed by atoms with van der Waals surface area (Å²) in [5.41, 5.74) is 1.07. The van der Waals surface area contributed by atoms with Gasteiger partial charge >= 0.3 is 0 Å². The summed E-state index contributed by atoms with van der Waals surface area (Å²) in [4.78, 5) is 99.4. The van der Waals surface area contributed by atoms with Gasteiger partial charge in [-0.25, -0.2) is 19.1 Å². The SMILES string of the molecule is C.C=C([CH2-])CC1CC2CCC1CC2CC([CH2-])=O.[CH2-]C(=O)CC1CC2CC1CC2CC([CH2-])=O.[CH2-]C(=O)CC1CC2CCC(C1)CC(CC([CH2-])=O)C2.[CH2-]C(=O)CC1CC2CCC1CC2CC([CH2-])=O.[CH2-]C(=O)CC1CC2NC1CC2CC([CH2-])=O.[W].[W].[W].[W].[W].[W].[W].[W].[W].[W]. The Balaban J connectivity index is -0.000000241. The summed E-state index contributed by atoms with van der Waals surface area (Å²) in [6.45, 7) is 39.1. The fourth-order valence-corrected chi connectivity index (χ4v) is 18.5. The van der Waals surface area contributed by atoms with Crippen LogP contribution in [0.5, 0.6) is 0 Å². The van der Waals surface area contributed by atoms with Crippen LogP contribution in [0.1, 0.15) is 194 Å². The number of carbonyl (C=O) groups is 9. The number of nitrogens with one attached hydrogen (secondary N) is 1. The molecule has 0 amide bonds. The van der Waals surface area contributed by atoms with Gasteiger partial charge in [0.2, 0.25) is 0 Å². The maximum atomic E-state index is 11.2. The molecule has 0 aromatic carbocycles. The first kappa shape index (κ1) is 104. The van der Waals surface area contributed by atoms with Crippen molar-refractivity contribution in [3.63, 3.8) is 0 Å². The third kappa shape index (κ3) is 35.7. The number of Topliss-reactive ketones (excluding diaryl/α,β-unsaturated/α-hetero) is 9. The van der Waals surface area contributed by atoms with E-state index in [4.69, 9.17) is 0 Å². The number of ketones is 9. The molecule has 0 aromatic rings. The number of hydrogen-bond acceptors (Lipinski definition) is 10. The maximum absolute atomic E-state index is 11.2. The molecule has 2 aliphatic heterocycles. The molecule has 1 N–H and O–H groups in total. The Hall–Kier alpha value is 2.31. The number of allylic oxidation sites excluding steroid dienone is 1. The van der Waals surface area contributed by atoms with Crippen LogP contribution in [0.3, 0.4) is 0 Å². The largest absolute Gasteiger partial charge is 0.339 e. The molecule has 2 saturated heterocycles. The van der Waals surface area contributed by atoms with Crippen LogP contribution >= 0.6 is 0 Å². The number of carbonyl (C=O) groups excluding carboxylic acids is 9. The van der Waals surface area contributed by atoms with Crippen LogP contribution < -0.4 is 5.32 Å². The van der Waals surface area contributed by atoms with Gasteiger partial charge in [0.15, 0.2) is 0 Å². The molecular formula is C71H105NO9W10-10. The van der Waals surface area contributed by atoms with Gasteiger partial charge in [-0.05, 0) is 326 Å². The van der Waals surface area contributed by atoms with Gasteiger partial charge in [-0.15, -0.1) is 0 Å². The number of hydrogen-bond donors (Lipinski definition) is 1. The molecule has 20 heteroatoms. The Morgan fingerprint density at radius 2 is 0.473 bits per heavy atom. The summed E-state index contributed by atoms with van der Waals surface area (Å²) in [6, 6.07) is 0.843. The Labute approximate surface area is 695 Å². The Kier molecular flexibility index (Phi) is 59.0. The molecule has 10 aliphatic carbocycles. The molecule has 91 heavy (non-hydrogen) atoms. The van der Waals surface area contributed by atoms with Crippen LogP contribution in [0.15, 0.2) is 12.2 Å². The molecule has 10 nitrogen and oxygen atoms in total. The van der Waals surface area contributed by atoms with E-state index in [2.05, 4.69) is 81.1 Å². The van der Waals surface area contributed by atoms with E-state index in [1.165, 1.54) is 83.5 Å². The topological polar surface area (TPSA) is 166 Å². The first-order valence-electron chi connectivity index (χ1n) is 31.2. The van der Waals surface area contributed by atoms with Gasteiger partial charge in [0.05, 0.1) is 0 Å². The van der Waals surface area contributed by atoms with Gasteiger partial charge in [0.1, 0.15) is 0 Å². The molecule has 16 atom stereocenters. The fourth-order valence-electron chi connectivity index (χ4n) is 18.5. The zero-order valence-electron chi connectivity index (χ0n) is 53.1. The smallest absolute Gasteiger partial charge is 0.0105 e. The van der Waals surface area contributed by atoms with Crippen molar-refractivity contribution in [3.8, 4) is 0 Å². The molecule has 16 unspecified atom stereocenters. The summed E-state index contributed by atoms with van der Waals surface area (Å²) >= 11 is 0. The van der Waals surface area contributed by atoms with Crippen LogP contribution in [-0.4, -0.2) is 64.1 Å². The molecule has 10 saturated carbocycles. The summed E-state index contributed by atoms with van der Waals surface area (Å²) in [7, 11) is 0. The average Bonchev–Trinajstić information content (AvgIpc) is 3.83. The van der Waals surface area contributed by atoms with Crippen LogP contribution in [0.25, 0.3) is 0 Å². The number of fused-ring (bicyclic) bond motifs is 13. The van der Waals surface area contributed by atoms with Gasteiger partial charge in [-0.1, -0.05) is 26.7 Å². The quantitative estimate of drug-likeness (QED) is 0.116. The van der Waals surface area contributed by atoms with E-state index in [1.807, 2.05) is 0 Å². The maximum Gasteiger partial charge on any atom is 0.0105 e.